The molecule has 2 amide bonds. The Balaban J connectivity index is 1.47. The zero-order valence-corrected chi connectivity index (χ0v) is 16.3. The van der Waals surface area contributed by atoms with E-state index in [0.29, 0.717) is 11.8 Å². The molecular formula is C18H18BrN7O. The summed E-state index contributed by atoms with van der Waals surface area (Å²) >= 11 is 3.54. The zero-order valence-electron chi connectivity index (χ0n) is 14.7. The standard InChI is InChI=1S/C18H18BrN7O/c1-11(16-22-10-23-26(16)17-20-6-3-7-21-17)24-18(27)25-15-9-13-5-2-4-12(13)8-14(15)19/h3,6-11H,2,4-5H2,1H3,(H2,24,25,27). The first-order chi connectivity index (χ1) is 13.1. The van der Waals surface area contributed by atoms with Crippen molar-refractivity contribution in [3.63, 3.8) is 0 Å². The number of hydrogen-bond acceptors (Lipinski definition) is 5. The molecule has 2 heterocycles. The summed E-state index contributed by atoms with van der Waals surface area (Å²) < 4.78 is 2.39. The molecule has 0 saturated heterocycles. The maximum Gasteiger partial charge on any atom is 0.319 e. The van der Waals surface area contributed by atoms with Crippen LogP contribution < -0.4 is 10.6 Å². The Morgan fingerprint density at radius 2 is 1.93 bits per heavy atom. The van der Waals surface area contributed by atoms with Gasteiger partial charge in [0.25, 0.3) is 5.95 Å². The number of aromatic nitrogens is 5. The SMILES string of the molecule is CC(NC(=O)Nc1cc2c(cc1Br)CCC2)c1ncnn1-c1ncccn1. The van der Waals surface area contributed by atoms with E-state index in [2.05, 4.69) is 52.7 Å². The van der Waals surface area contributed by atoms with Crippen LogP contribution in [-0.2, 0) is 12.8 Å². The Morgan fingerprint density at radius 3 is 2.70 bits per heavy atom. The summed E-state index contributed by atoms with van der Waals surface area (Å²) in [6.07, 6.45) is 7.97. The second kappa shape index (κ2) is 7.43. The van der Waals surface area contributed by atoms with E-state index >= 15 is 0 Å². The maximum atomic E-state index is 12.5. The van der Waals surface area contributed by atoms with Gasteiger partial charge in [-0.1, -0.05) is 0 Å². The smallest absolute Gasteiger partial charge is 0.319 e. The highest BCUT2D eigenvalue weighted by molar-refractivity contribution is 9.10. The van der Waals surface area contributed by atoms with E-state index < -0.39 is 0 Å². The van der Waals surface area contributed by atoms with Crippen molar-refractivity contribution in [3.05, 3.63) is 58.3 Å². The third-order valence-electron chi connectivity index (χ3n) is 4.48. The zero-order chi connectivity index (χ0) is 18.8. The minimum Gasteiger partial charge on any atom is -0.328 e. The van der Waals surface area contributed by atoms with Crippen molar-refractivity contribution in [1.29, 1.82) is 0 Å². The monoisotopic (exact) mass is 427 g/mol. The summed E-state index contributed by atoms with van der Waals surface area (Å²) in [5.74, 6) is 0.949. The summed E-state index contributed by atoms with van der Waals surface area (Å²) in [4.78, 5) is 25.1. The summed E-state index contributed by atoms with van der Waals surface area (Å²) in [7, 11) is 0. The van der Waals surface area contributed by atoms with E-state index in [4.69, 9.17) is 0 Å². The van der Waals surface area contributed by atoms with Gasteiger partial charge in [-0.05, 0) is 71.4 Å². The molecule has 1 aliphatic carbocycles. The van der Waals surface area contributed by atoms with Crippen LogP contribution in [-0.4, -0.2) is 30.8 Å². The number of nitrogens with one attached hydrogen (secondary N) is 2. The van der Waals surface area contributed by atoms with E-state index in [9.17, 15) is 4.79 Å². The average molecular weight is 428 g/mol. The summed E-state index contributed by atoms with van der Waals surface area (Å²) in [5, 5.41) is 9.95. The highest BCUT2D eigenvalue weighted by Crippen LogP contribution is 2.31. The molecule has 0 aliphatic heterocycles. The predicted molar refractivity (Wildman–Crippen MR) is 104 cm³/mol. The predicted octanol–water partition coefficient (Wildman–Crippen LogP) is 3.19. The Morgan fingerprint density at radius 1 is 1.19 bits per heavy atom. The van der Waals surface area contributed by atoms with Crippen molar-refractivity contribution in [2.75, 3.05) is 5.32 Å². The van der Waals surface area contributed by atoms with Crippen LogP contribution in [0.4, 0.5) is 10.5 Å². The van der Waals surface area contributed by atoms with Crippen molar-refractivity contribution in [2.24, 2.45) is 0 Å². The van der Waals surface area contributed by atoms with Crippen molar-refractivity contribution in [1.82, 2.24) is 30.0 Å². The number of halogens is 1. The molecular weight excluding hydrogens is 410 g/mol. The molecule has 0 spiro atoms. The lowest BCUT2D eigenvalue weighted by Gasteiger charge is -2.16. The number of anilines is 1. The van der Waals surface area contributed by atoms with E-state index in [-0.39, 0.29) is 12.1 Å². The summed E-state index contributed by atoms with van der Waals surface area (Å²) in [6.45, 7) is 1.83. The lowest BCUT2D eigenvalue weighted by Crippen LogP contribution is -2.33. The second-order valence-corrected chi connectivity index (χ2v) is 7.21. The van der Waals surface area contributed by atoms with Crippen LogP contribution in [0, 0.1) is 0 Å². The van der Waals surface area contributed by atoms with Gasteiger partial charge in [-0.25, -0.2) is 19.7 Å². The fourth-order valence-electron chi connectivity index (χ4n) is 3.21. The fraction of sp³-hybridized carbons (Fsp3) is 0.278. The quantitative estimate of drug-likeness (QED) is 0.665. The average Bonchev–Trinajstić information content (AvgIpc) is 3.31. The largest absolute Gasteiger partial charge is 0.328 e. The van der Waals surface area contributed by atoms with Gasteiger partial charge < -0.3 is 10.6 Å². The van der Waals surface area contributed by atoms with Crippen molar-refractivity contribution < 1.29 is 4.79 Å². The van der Waals surface area contributed by atoms with Gasteiger partial charge in [0.05, 0.1) is 11.7 Å². The lowest BCUT2D eigenvalue weighted by molar-refractivity contribution is 0.248. The number of aryl methyl sites for hydroxylation is 2. The lowest BCUT2D eigenvalue weighted by atomic mass is 10.1. The molecule has 4 rings (SSSR count). The first kappa shape index (κ1) is 17.6. The van der Waals surface area contributed by atoms with Crippen molar-refractivity contribution >= 4 is 27.6 Å². The molecule has 1 atom stereocenters. The molecule has 0 fully saturated rings. The van der Waals surface area contributed by atoms with Crippen LogP contribution in [0.3, 0.4) is 0 Å². The van der Waals surface area contributed by atoms with Crippen LogP contribution in [0.5, 0.6) is 0 Å². The Labute approximate surface area is 164 Å². The van der Waals surface area contributed by atoms with Gasteiger partial charge in [-0.3, -0.25) is 0 Å². The summed E-state index contributed by atoms with van der Waals surface area (Å²) in [5.41, 5.74) is 3.40. The normalized spacial score (nSPS) is 13.9. The number of fused-ring (bicyclic) bond motifs is 1. The molecule has 1 unspecified atom stereocenters. The molecule has 9 heteroatoms. The van der Waals surface area contributed by atoms with Crippen LogP contribution >= 0.6 is 15.9 Å². The first-order valence-electron chi connectivity index (χ1n) is 8.68. The Bertz CT molecular complexity index is 973. The molecule has 2 N–H and O–H groups in total. The van der Waals surface area contributed by atoms with E-state index in [1.165, 1.54) is 22.1 Å². The van der Waals surface area contributed by atoms with E-state index in [1.54, 1.807) is 18.5 Å². The molecule has 1 aromatic carbocycles. The first-order valence-corrected chi connectivity index (χ1v) is 9.47. The number of rotatable bonds is 4. The van der Waals surface area contributed by atoms with Crippen LogP contribution in [0.25, 0.3) is 5.95 Å². The van der Waals surface area contributed by atoms with Crippen LogP contribution in [0.2, 0.25) is 0 Å². The van der Waals surface area contributed by atoms with E-state index in [0.717, 1.165) is 29.4 Å². The highest BCUT2D eigenvalue weighted by Gasteiger charge is 2.19. The maximum absolute atomic E-state index is 12.5. The van der Waals surface area contributed by atoms with Gasteiger partial charge in [-0.15, -0.1) is 0 Å². The number of urea groups is 1. The molecule has 0 bridgehead atoms. The van der Waals surface area contributed by atoms with Gasteiger partial charge in [0.2, 0.25) is 0 Å². The molecule has 138 valence electrons. The molecule has 8 nitrogen and oxygen atoms in total. The number of carbonyl (C=O) groups excluding carboxylic acids is 1. The van der Waals surface area contributed by atoms with Gasteiger partial charge in [0.1, 0.15) is 6.33 Å². The fourth-order valence-corrected chi connectivity index (χ4v) is 3.70. The number of amides is 2. The number of hydrogen-bond donors (Lipinski definition) is 2. The van der Waals surface area contributed by atoms with Crippen LogP contribution in [0.1, 0.15) is 36.3 Å². The molecule has 1 aliphatic rings. The number of nitrogens with zero attached hydrogens (tertiary/aromatic N) is 5. The summed E-state index contributed by atoms with van der Waals surface area (Å²) in [6, 6.07) is 5.15. The molecule has 27 heavy (non-hydrogen) atoms. The van der Waals surface area contributed by atoms with E-state index in [1.807, 2.05) is 13.0 Å². The van der Waals surface area contributed by atoms with Crippen LogP contribution in [0.15, 0.2) is 41.4 Å². The molecule has 2 aromatic heterocycles. The Hall–Kier alpha value is -2.81. The minimum atomic E-state index is -0.385. The topological polar surface area (TPSA) is 97.6 Å². The third-order valence-corrected chi connectivity index (χ3v) is 5.14. The second-order valence-electron chi connectivity index (χ2n) is 6.35. The molecule has 0 radical (unpaired) electrons. The molecule has 3 aromatic rings. The van der Waals surface area contributed by atoms with Crippen molar-refractivity contribution in [2.45, 2.75) is 32.2 Å². The molecule has 0 saturated carbocycles. The van der Waals surface area contributed by atoms with Crippen molar-refractivity contribution in [3.8, 4) is 5.95 Å². The number of carbonyl (C=O) groups is 1. The van der Waals surface area contributed by atoms with Gasteiger partial charge in [0, 0.05) is 16.9 Å². The third kappa shape index (κ3) is 3.68. The highest BCUT2D eigenvalue weighted by atomic mass is 79.9. The Kier molecular flexibility index (Phi) is 4.85. The van der Waals surface area contributed by atoms with Gasteiger partial charge in [-0.2, -0.15) is 9.78 Å². The number of benzene rings is 1. The minimum absolute atomic E-state index is 0.315. The van der Waals surface area contributed by atoms with Gasteiger partial charge in [0.15, 0.2) is 5.82 Å². The van der Waals surface area contributed by atoms with Gasteiger partial charge >= 0.3 is 6.03 Å².